The van der Waals surface area contributed by atoms with E-state index in [0.717, 1.165) is 0 Å². The molecule has 0 aromatic carbocycles. The third kappa shape index (κ3) is 11.4. The van der Waals surface area contributed by atoms with Gasteiger partial charge >= 0.3 is 5.97 Å². The van der Waals surface area contributed by atoms with Gasteiger partial charge in [-0.15, -0.1) is 0 Å². The van der Waals surface area contributed by atoms with Crippen LogP contribution in [0.3, 0.4) is 0 Å². The molecule has 0 fully saturated rings. The van der Waals surface area contributed by atoms with Crippen LogP contribution in [0.25, 0.3) is 0 Å². The van der Waals surface area contributed by atoms with Crippen LogP contribution in [0.4, 0.5) is 0 Å². The van der Waals surface area contributed by atoms with Gasteiger partial charge < -0.3 is 37.6 Å². The molecule has 0 saturated carbocycles. The maximum absolute atomic E-state index is 12.6. The number of nitrogens with two attached hydrogens (primary N) is 2. The zero-order valence-electron chi connectivity index (χ0n) is 17.3. The Morgan fingerprint density at radius 1 is 0.966 bits per heavy atom. The largest absolute Gasteiger partial charge is 0.480 e. The lowest BCUT2D eigenvalue weighted by molar-refractivity contribution is -0.139. The van der Waals surface area contributed by atoms with E-state index in [1.807, 2.05) is 13.8 Å². The van der Waals surface area contributed by atoms with E-state index in [0.29, 0.717) is 25.8 Å². The number of hydrogen-bond acceptors (Lipinski definition) is 7. The predicted octanol–water partition coefficient (Wildman–Crippen LogP) is -1.96. The number of unbranched alkanes of at least 4 members (excludes halogenated alkanes) is 1. The van der Waals surface area contributed by atoms with Crippen LogP contribution in [0.2, 0.25) is 0 Å². The van der Waals surface area contributed by atoms with Gasteiger partial charge in [-0.3, -0.25) is 19.2 Å². The summed E-state index contributed by atoms with van der Waals surface area (Å²) in [6, 6.07) is -3.19. The Labute approximate surface area is 171 Å². The van der Waals surface area contributed by atoms with Gasteiger partial charge in [-0.25, -0.2) is 0 Å². The van der Waals surface area contributed by atoms with Gasteiger partial charge in [0.05, 0.1) is 12.1 Å². The molecule has 11 nitrogen and oxygen atoms in total. The molecule has 4 unspecified atom stereocenters. The molecule has 0 heterocycles. The molecular formula is C18H35N5O6. The summed E-state index contributed by atoms with van der Waals surface area (Å²) in [6.07, 6.45) is 0.518. The summed E-state index contributed by atoms with van der Waals surface area (Å²) in [7, 11) is 0. The van der Waals surface area contributed by atoms with Crippen molar-refractivity contribution in [3.05, 3.63) is 0 Å². The Kier molecular flexibility index (Phi) is 12.8. The summed E-state index contributed by atoms with van der Waals surface area (Å²) in [5.41, 5.74) is 11.2. The van der Waals surface area contributed by atoms with Crippen molar-refractivity contribution in [2.45, 2.75) is 70.7 Å². The van der Waals surface area contributed by atoms with E-state index in [1.54, 1.807) is 0 Å². The van der Waals surface area contributed by atoms with Crippen LogP contribution in [0.15, 0.2) is 0 Å². The second kappa shape index (κ2) is 13.9. The molecule has 0 rings (SSSR count). The second-order valence-electron chi connectivity index (χ2n) is 7.42. The number of carboxylic acids is 1. The molecular weight excluding hydrogens is 382 g/mol. The van der Waals surface area contributed by atoms with Gasteiger partial charge in [-0.2, -0.15) is 0 Å². The molecule has 3 amide bonds. The molecule has 0 saturated heterocycles. The summed E-state index contributed by atoms with van der Waals surface area (Å²) in [4.78, 5) is 47.7. The molecule has 4 atom stereocenters. The normalized spacial score (nSPS) is 15.1. The first-order valence-corrected chi connectivity index (χ1v) is 9.73. The lowest BCUT2D eigenvalue weighted by Crippen LogP contribution is -2.59. The highest BCUT2D eigenvalue weighted by Crippen LogP contribution is 2.06. The van der Waals surface area contributed by atoms with Crippen molar-refractivity contribution >= 4 is 23.7 Å². The van der Waals surface area contributed by atoms with Crippen LogP contribution in [0.1, 0.15) is 46.5 Å². The van der Waals surface area contributed by atoms with Crippen LogP contribution in [-0.2, 0) is 19.2 Å². The molecule has 0 aromatic heterocycles. The lowest BCUT2D eigenvalue weighted by atomic mass is 10.0. The molecule has 29 heavy (non-hydrogen) atoms. The van der Waals surface area contributed by atoms with Crippen molar-refractivity contribution < 1.29 is 29.4 Å². The zero-order valence-corrected chi connectivity index (χ0v) is 17.3. The van der Waals surface area contributed by atoms with E-state index >= 15 is 0 Å². The van der Waals surface area contributed by atoms with Gasteiger partial charge in [-0.05, 0) is 45.1 Å². The molecule has 0 aromatic rings. The number of aliphatic carboxylic acids is 1. The van der Waals surface area contributed by atoms with Crippen LogP contribution in [0, 0.1) is 5.92 Å². The van der Waals surface area contributed by atoms with Crippen molar-refractivity contribution in [3.8, 4) is 0 Å². The lowest BCUT2D eigenvalue weighted by Gasteiger charge is -2.26. The van der Waals surface area contributed by atoms with E-state index in [1.165, 1.54) is 6.92 Å². The van der Waals surface area contributed by atoms with E-state index < -0.39 is 54.5 Å². The van der Waals surface area contributed by atoms with E-state index in [-0.39, 0.29) is 12.3 Å². The van der Waals surface area contributed by atoms with Gasteiger partial charge in [0.1, 0.15) is 18.6 Å². The van der Waals surface area contributed by atoms with Crippen molar-refractivity contribution in [2.24, 2.45) is 17.4 Å². The number of aliphatic hydroxyl groups excluding tert-OH is 1. The Morgan fingerprint density at radius 3 is 2.07 bits per heavy atom. The second-order valence-corrected chi connectivity index (χ2v) is 7.42. The smallest absolute Gasteiger partial charge is 0.322 e. The Balaban J connectivity index is 5.13. The molecule has 0 aliphatic carbocycles. The van der Waals surface area contributed by atoms with Crippen molar-refractivity contribution in [1.29, 1.82) is 0 Å². The standard InChI is InChI=1S/C18H35N5O6/c1-10(2)8-12(20)16(27)23-15(11(3)24)18(29)22-13(6-4-5-7-19)17(28)21-9-14(25)26/h10-13,15,24H,4-9,19-20H2,1-3H3,(H,21,28)(H,22,29)(H,23,27)(H,25,26). The Morgan fingerprint density at radius 2 is 1.59 bits per heavy atom. The van der Waals surface area contributed by atoms with Crippen LogP contribution >= 0.6 is 0 Å². The minimum Gasteiger partial charge on any atom is -0.480 e. The van der Waals surface area contributed by atoms with E-state index in [2.05, 4.69) is 16.0 Å². The average Bonchev–Trinajstić information content (AvgIpc) is 2.62. The molecule has 0 bridgehead atoms. The minimum absolute atomic E-state index is 0.166. The Hall–Kier alpha value is -2.24. The third-order valence-corrected chi connectivity index (χ3v) is 4.12. The maximum Gasteiger partial charge on any atom is 0.322 e. The predicted molar refractivity (Wildman–Crippen MR) is 107 cm³/mol. The van der Waals surface area contributed by atoms with E-state index in [9.17, 15) is 24.3 Å². The molecule has 11 heteroatoms. The quantitative estimate of drug-likeness (QED) is 0.158. The highest BCUT2D eigenvalue weighted by atomic mass is 16.4. The van der Waals surface area contributed by atoms with Gasteiger partial charge in [0.2, 0.25) is 17.7 Å². The van der Waals surface area contributed by atoms with Gasteiger partial charge in [0, 0.05) is 0 Å². The number of amides is 3. The maximum atomic E-state index is 12.6. The summed E-state index contributed by atoms with van der Waals surface area (Å²) >= 11 is 0. The number of nitrogens with one attached hydrogen (secondary N) is 3. The highest BCUT2D eigenvalue weighted by Gasteiger charge is 2.31. The first-order valence-electron chi connectivity index (χ1n) is 9.73. The summed E-state index contributed by atoms with van der Waals surface area (Å²) in [6.45, 7) is 4.92. The monoisotopic (exact) mass is 417 g/mol. The number of hydrogen-bond donors (Lipinski definition) is 7. The highest BCUT2D eigenvalue weighted by molar-refractivity contribution is 5.93. The summed E-state index contributed by atoms with van der Waals surface area (Å²) < 4.78 is 0. The fraction of sp³-hybridized carbons (Fsp3) is 0.778. The Bertz CT molecular complexity index is 555. The van der Waals surface area contributed by atoms with Crippen molar-refractivity contribution in [2.75, 3.05) is 13.1 Å². The van der Waals surface area contributed by atoms with Crippen LogP contribution < -0.4 is 27.4 Å². The topological polar surface area (TPSA) is 197 Å². The molecule has 0 radical (unpaired) electrons. The number of aliphatic hydroxyl groups is 1. The summed E-state index contributed by atoms with van der Waals surface area (Å²) in [5, 5.41) is 25.7. The van der Waals surface area contributed by atoms with Crippen LogP contribution in [-0.4, -0.2) is 71.2 Å². The van der Waals surface area contributed by atoms with E-state index in [4.69, 9.17) is 16.6 Å². The average molecular weight is 418 g/mol. The minimum atomic E-state index is -1.31. The molecule has 9 N–H and O–H groups in total. The third-order valence-electron chi connectivity index (χ3n) is 4.12. The molecule has 0 spiro atoms. The first-order chi connectivity index (χ1) is 13.5. The van der Waals surface area contributed by atoms with Gasteiger partial charge in [-0.1, -0.05) is 13.8 Å². The van der Waals surface area contributed by atoms with Gasteiger partial charge in [0.25, 0.3) is 0 Å². The molecule has 0 aliphatic heterocycles. The van der Waals surface area contributed by atoms with Crippen molar-refractivity contribution in [3.63, 3.8) is 0 Å². The molecule has 0 aliphatic rings. The SMILES string of the molecule is CC(C)CC(N)C(=O)NC(C(=O)NC(CCCCN)C(=O)NCC(=O)O)C(C)O. The fourth-order valence-electron chi connectivity index (χ4n) is 2.59. The molecule has 168 valence electrons. The fourth-order valence-corrected chi connectivity index (χ4v) is 2.59. The zero-order chi connectivity index (χ0) is 22.6. The van der Waals surface area contributed by atoms with Gasteiger partial charge in [0.15, 0.2) is 0 Å². The first kappa shape index (κ1) is 26.8. The summed E-state index contributed by atoms with van der Waals surface area (Å²) in [5.74, 6) is -3.09. The van der Waals surface area contributed by atoms with Crippen molar-refractivity contribution in [1.82, 2.24) is 16.0 Å². The number of carbonyl (C=O) groups excluding carboxylic acids is 3. The number of carbonyl (C=O) groups is 4. The van der Waals surface area contributed by atoms with Crippen LogP contribution in [0.5, 0.6) is 0 Å². The number of carboxylic acid groups (broad SMARTS) is 1. The number of rotatable bonds is 14.